The van der Waals surface area contributed by atoms with E-state index in [0.29, 0.717) is 0 Å². The van der Waals surface area contributed by atoms with Crippen LogP contribution in [-0.4, -0.2) is 71.8 Å². The smallest absolute Gasteiger partial charge is 0.215 e. The van der Waals surface area contributed by atoms with E-state index in [9.17, 15) is 0 Å². The molecule has 11 radical (unpaired) electrons. The summed E-state index contributed by atoms with van der Waals surface area (Å²) in [5.41, 5.74) is 3.48. The molecule has 3 rings (SSSR count). The summed E-state index contributed by atoms with van der Waals surface area (Å²) in [5, 5.41) is -0.448. The van der Waals surface area contributed by atoms with Gasteiger partial charge in [0.25, 0.3) is 6.71 Å². The highest BCUT2D eigenvalue weighted by molar-refractivity contribution is 7.76. The fraction of sp³-hybridized carbons (Fsp3) is 0.267. The lowest BCUT2D eigenvalue weighted by Crippen LogP contribution is -2.59. The zero-order chi connectivity index (χ0) is 19.1. The summed E-state index contributed by atoms with van der Waals surface area (Å²) in [4.78, 5) is 0. The summed E-state index contributed by atoms with van der Waals surface area (Å²) < 4.78 is 2.12. The van der Waals surface area contributed by atoms with E-state index in [1.165, 1.54) is 5.56 Å². The lowest BCUT2D eigenvalue weighted by molar-refractivity contribution is -0.654. The van der Waals surface area contributed by atoms with Gasteiger partial charge in [-0.3, -0.25) is 0 Å². The van der Waals surface area contributed by atoms with Crippen LogP contribution in [0.2, 0.25) is 10.9 Å². The maximum absolute atomic E-state index is 6.25. The molecule has 1 aliphatic heterocycles. The van der Waals surface area contributed by atoms with Gasteiger partial charge in [0.15, 0.2) is 6.20 Å². The molecule has 11 heteroatoms. The van der Waals surface area contributed by atoms with Crippen molar-refractivity contribution in [3.05, 3.63) is 48.7 Å². The van der Waals surface area contributed by atoms with Gasteiger partial charge in [-0.25, -0.2) is 4.57 Å². The fourth-order valence-corrected chi connectivity index (χ4v) is 4.70. The van der Waals surface area contributed by atoms with Crippen molar-refractivity contribution in [2.45, 2.75) is 17.9 Å². The Bertz CT molecular complexity index is 770. The summed E-state index contributed by atoms with van der Waals surface area (Å²) in [6.45, 7) is 1.45. The second kappa shape index (κ2) is 7.56. The van der Waals surface area contributed by atoms with E-state index >= 15 is 0 Å². The van der Waals surface area contributed by atoms with Gasteiger partial charge in [0.2, 0.25) is 0 Å². The molecular formula is C15H15B10N+. The molecule has 1 saturated heterocycles. The molecule has 1 aliphatic rings. The normalized spacial score (nSPS) is 21.2. The van der Waals surface area contributed by atoms with Crippen LogP contribution in [-0.2, 0) is 7.05 Å². The average Bonchev–Trinajstić information content (AvgIpc) is 3.22. The Morgan fingerprint density at radius 1 is 1.08 bits per heavy atom. The minimum atomic E-state index is -0.607. The minimum absolute atomic E-state index is 0.135. The van der Waals surface area contributed by atoms with Crippen LogP contribution in [0, 0.1) is 0 Å². The fourth-order valence-electron chi connectivity index (χ4n) is 4.70. The van der Waals surface area contributed by atoms with Crippen molar-refractivity contribution in [1.82, 2.24) is 0 Å². The standard InChI is InChI=1S/C15H15B10N/c1-11-15(23(17)18,24(21-16)25(19)20)22(11)14-10-13(8-9-26(14)2)12-6-4-3-5-7-12/h3-11H,1-2H3/q+1. The lowest BCUT2D eigenvalue weighted by atomic mass is 8.73. The van der Waals surface area contributed by atoms with Gasteiger partial charge in [0.05, 0.1) is 0 Å². The predicted molar refractivity (Wildman–Crippen MR) is 122 cm³/mol. The highest BCUT2D eigenvalue weighted by Crippen LogP contribution is 2.64. The zero-order valence-corrected chi connectivity index (χ0v) is 15.4. The predicted octanol–water partition coefficient (Wildman–Crippen LogP) is -1.39. The number of hydrogen-bond acceptors (Lipinski definition) is 0. The van der Waals surface area contributed by atoms with Crippen molar-refractivity contribution < 1.29 is 4.57 Å². The van der Waals surface area contributed by atoms with Crippen molar-refractivity contribution >= 4 is 77.4 Å². The topological polar surface area (TPSA) is 3.88 Å². The van der Waals surface area contributed by atoms with Crippen molar-refractivity contribution in [2.24, 2.45) is 7.05 Å². The van der Waals surface area contributed by atoms with Gasteiger partial charge in [0.1, 0.15) is 12.6 Å². The van der Waals surface area contributed by atoms with Crippen LogP contribution in [0.3, 0.4) is 0 Å². The van der Waals surface area contributed by atoms with Crippen LogP contribution in [0.1, 0.15) is 6.92 Å². The maximum atomic E-state index is 6.25. The molecule has 0 N–H and O–H groups in total. The van der Waals surface area contributed by atoms with Crippen molar-refractivity contribution in [3.8, 4) is 11.1 Å². The van der Waals surface area contributed by atoms with Crippen molar-refractivity contribution in [2.75, 3.05) is 0 Å². The molecule has 2 heterocycles. The van der Waals surface area contributed by atoms with E-state index in [2.05, 4.69) is 42.0 Å². The zero-order valence-electron chi connectivity index (χ0n) is 15.4. The molecule has 109 valence electrons. The highest BCUT2D eigenvalue weighted by Gasteiger charge is 2.71. The van der Waals surface area contributed by atoms with E-state index in [1.807, 2.05) is 25.2 Å². The Balaban J connectivity index is 2.06. The third kappa shape index (κ3) is 3.10. The number of nitrogens with zero attached hydrogens (tertiary/aromatic N) is 1. The largest absolute Gasteiger partial charge is 0.251 e. The van der Waals surface area contributed by atoms with Crippen LogP contribution < -0.4 is 10.2 Å². The number of benzene rings is 1. The van der Waals surface area contributed by atoms with E-state index < -0.39 is 18.0 Å². The molecule has 0 aliphatic carbocycles. The number of pyridine rings is 1. The second-order valence-electron chi connectivity index (χ2n) is 7.40. The van der Waals surface area contributed by atoms with Crippen LogP contribution in [0.25, 0.3) is 11.1 Å². The van der Waals surface area contributed by atoms with E-state index in [0.717, 1.165) is 11.2 Å². The maximum Gasteiger partial charge on any atom is 0.251 e. The van der Waals surface area contributed by atoms with E-state index in [-0.39, 0.29) is 19.0 Å². The first-order chi connectivity index (χ1) is 12.4. The Hall–Kier alpha value is -0.981. The number of hydrogen-bond donors (Lipinski definition) is 0. The first-order valence-corrected chi connectivity index (χ1v) is 8.98. The van der Waals surface area contributed by atoms with Gasteiger partial charge in [-0.2, -0.15) is 0 Å². The number of aromatic nitrogens is 1. The van der Waals surface area contributed by atoms with Crippen LogP contribution in [0.4, 0.5) is 0 Å². The molecule has 2 unspecified atom stereocenters. The Morgan fingerprint density at radius 2 is 1.73 bits per heavy atom. The third-order valence-electron chi connectivity index (χ3n) is 6.11. The van der Waals surface area contributed by atoms with Crippen LogP contribution in [0.5, 0.6) is 0 Å². The summed E-state index contributed by atoms with van der Waals surface area (Å²) in [7, 11) is 34.0. The van der Waals surface area contributed by atoms with Gasteiger partial charge in [-0.05, 0) is 11.1 Å². The molecule has 0 saturated carbocycles. The SMILES string of the molecule is [B][B]B(B([B])[B])C1(B([B])[B])B(c2cc(-c3ccccc3)cc[n+]2C)C1C. The summed E-state index contributed by atoms with van der Waals surface area (Å²) >= 11 is 0. The molecule has 2 aromatic rings. The minimum Gasteiger partial charge on any atom is -0.215 e. The van der Waals surface area contributed by atoms with Gasteiger partial charge in [-0.15, -0.1) is 5.11 Å². The summed E-state index contributed by atoms with van der Waals surface area (Å²) in [6.07, 6.45) is 1.46. The van der Waals surface area contributed by atoms with Crippen molar-refractivity contribution in [1.29, 1.82) is 0 Å². The number of rotatable bonds is 6. The van der Waals surface area contributed by atoms with Gasteiger partial charge in [0, 0.05) is 77.3 Å². The lowest BCUT2D eigenvalue weighted by Gasteiger charge is -2.33. The number of aryl methyl sites for hydroxylation is 1. The third-order valence-corrected chi connectivity index (χ3v) is 6.11. The van der Waals surface area contributed by atoms with E-state index in [4.69, 9.17) is 38.7 Å². The molecule has 1 nitrogen and oxygen atoms in total. The monoisotopic (exact) mass is 319 g/mol. The summed E-state index contributed by atoms with van der Waals surface area (Å²) in [5.74, 6) is 0.221. The first-order valence-electron chi connectivity index (χ1n) is 8.98. The van der Waals surface area contributed by atoms with E-state index in [1.54, 1.807) is 7.06 Å². The van der Waals surface area contributed by atoms with Crippen LogP contribution in [0.15, 0.2) is 48.7 Å². The van der Waals surface area contributed by atoms with Crippen molar-refractivity contribution in [3.63, 3.8) is 0 Å². The molecule has 26 heavy (non-hydrogen) atoms. The molecule has 0 spiro atoms. The second-order valence-corrected chi connectivity index (χ2v) is 7.40. The average molecular weight is 317 g/mol. The quantitative estimate of drug-likeness (QED) is 0.456. The molecule has 1 aromatic carbocycles. The van der Waals surface area contributed by atoms with Crippen LogP contribution >= 0.6 is 0 Å². The first kappa shape index (κ1) is 19.8. The molecule has 2 atom stereocenters. The molecule has 1 fully saturated rings. The molecular weight excluding hydrogens is 302 g/mol. The Labute approximate surface area is 166 Å². The Morgan fingerprint density at radius 3 is 2.27 bits per heavy atom. The molecule has 0 amide bonds. The molecule has 1 aromatic heterocycles. The van der Waals surface area contributed by atoms with Gasteiger partial charge >= 0.3 is 0 Å². The molecule has 0 bridgehead atoms. The van der Waals surface area contributed by atoms with Gasteiger partial charge < -0.3 is 0 Å². The Kier molecular flexibility index (Phi) is 5.75. The van der Waals surface area contributed by atoms with Gasteiger partial charge in [-0.1, -0.05) is 43.1 Å². The highest BCUT2D eigenvalue weighted by atomic mass is 14.9. The summed E-state index contributed by atoms with van der Waals surface area (Å²) in [6, 6.07) is 14.6.